The Morgan fingerprint density at radius 1 is 1.20 bits per heavy atom. The third kappa shape index (κ3) is 3.07. The van der Waals surface area contributed by atoms with Gasteiger partial charge in [-0.25, -0.2) is 9.97 Å². The number of hydrogen-bond donors (Lipinski definition) is 1. The molecule has 0 bridgehead atoms. The lowest BCUT2D eigenvalue weighted by molar-refractivity contribution is 0.614. The zero-order valence-corrected chi connectivity index (χ0v) is 12.9. The van der Waals surface area contributed by atoms with E-state index in [0.29, 0.717) is 0 Å². The number of aryl methyl sites for hydroxylation is 1. The van der Waals surface area contributed by atoms with Crippen molar-refractivity contribution in [3.63, 3.8) is 0 Å². The highest BCUT2D eigenvalue weighted by Crippen LogP contribution is 2.25. The van der Waals surface area contributed by atoms with Crippen LogP contribution in [0, 0.1) is 0 Å². The Balaban J connectivity index is 1.84. The normalized spacial score (nSPS) is 18.4. The van der Waals surface area contributed by atoms with Crippen LogP contribution in [0.25, 0.3) is 0 Å². The Labute approximate surface area is 127 Å². The zero-order chi connectivity index (χ0) is 13.9. The van der Waals surface area contributed by atoms with E-state index < -0.39 is 0 Å². The van der Waals surface area contributed by atoms with E-state index in [9.17, 15) is 0 Å². The molecule has 0 aliphatic heterocycles. The molecular formula is C16H18BrN3. The highest BCUT2D eigenvalue weighted by molar-refractivity contribution is 9.10. The Bertz CT molecular complexity index is 595. The number of fused-ring (bicyclic) bond motifs is 1. The molecular weight excluding hydrogens is 314 g/mol. The minimum atomic E-state index is 0.106. The molecule has 0 amide bonds. The molecule has 1 atom stereocenters. The summed E-state index contributed by atoms with van der Waals surface area (Å²) in [7, 11) is 0. The first-order valence-corrected chi connectivity index (χ1v) is 7.86. The van der Waals surface area contributed by atoms with Crippen LogP contribution in [0.4, 0.5) is 0 Å². The van der Waals surface area contributed by atoms with Crippen LogP contribution in [0.1, 0.15) is 47.9 Å². The fourth-order valence-corrected chi connectivity index (χ4v) is 2.92. The molecule has 0 radical (unpaired) electrons. The SMILES string of the molecule is NC1CCCCc2nc(Cc3ccc(Br)cc3)ncc21. The van der Waals surface area contributed by atoms with Crippen molar-refractivity contribution in [2.45, 2.75) is 38.1 Å². The molecule has 0 spiro atoms. The molecule has 3 nitrogen and oxygen atoms in total. The van der Waals surface area contributed by atoms with Crippen molar-refractivity contribution in [1.82, 2.24) is 9.97 Å². The van der Waals surface area contributed by atoms with Crippen LogP contribution < -0.4 is 5.73 Å². The van der Waals surface area contributed by atoms with Crippen LogP contribution in [0.3, 0.4) is 0 Å². The molecule has 104 valence electrons. The quantitative estimate of drug-likeness (QED) is 0.856. The maximum Gasteiger partial charge on any atom is 0.132 e. The van der Waals surface area contributed by atoms with Gasteiger partial charge in [0.25, 0.3) is 0 Å². The number of halogens is 1. The number of nitrogens with zero attached hydrogens (tertiary/aromatic N) is 2. The highest BCUT2D eigenvalue weighted by Gasteiger charge is 2.17. The van der Waals surface area contributed by atoms with Gasteiger partial charge in [0.1, 0.15) is 5.82 Å². The van der Waals surface area contributed by atoms with Crippen molar-refractivity contribution in [2.24, 2.45) is 5.73 Å². The van der Waals surface area contributed by atoms with Gasteiger partial charge >= 0.3 is 0 Å². The fraction of sp³-hybridized carbons (Fsp3) is 0.375. The van der Waals surface area contributed by atoms with Gasteiger partial charge in [0.15, 0.2) is 0 Å². The largest absolute Gasteiger partial charge is 0.324 e. The van der Waals surface area contributed by atoms with Gasteiger partial charge in [0, 0.05) is 34.4 Å². The lowest BCUT2D eigenvalue weighted by Crippen LogP contribution is -2.13. The predicted molar refractivity (Wildman–Crippen MR) is 83.5 cm³/mol. The summed E-state index contributed by atoms with van der Waals surface area (Å²) in [6, 6.07) is 8.41. The van der Waals surface area contributed by atoms with Gasteiger partial charge in [0.2, 0.25) is 0 Å². The van der Waals surface area contributed by atoms with E-state index in [1.165, 1.54) is 18.4 Å². The lowest BCUT2D eigenvalue weighted by atomic mass is 10.1. The Hall–Kier alpha value is -1.26. The van der Waals surface area contributed by atoms with Crippen LogP contribution in [0.5, 0.6) is 0 Å². The van der Waals surface area contributed by atoms with Gasteiger partial charge < -0.3 is 5.73 Å². The van der Waals surface area contributed by atoms with Crippen molar-refractivity contribution in [1.29, 1.82) is 0 Å². The third-order valence-corrected chi connectivity index (χ3v) is 4.33. The van der Waals surface area contributed by atoms with Gasteiger partial charge in [-0.15, -0.1) is 0 Å². The van der Waals surface area contributed by atoms with Crippen LogP contribution >= 0.6 is 15.9 Å². The number of benzene rings is 1. The minimum absolute atomic E-state index is 0.106. The van der Waals surface area contributed by atoms with E-state index in [1.807, 2.05) is 6.20 Å². The summed E-state index contributed by atoms with van der Waals surface area (Å²) in [4.78, 5) is 9.24. The average Bonchev–Trinajstić information content (AvgIpc) is 2.63. The Morgan fingerprint density at radius 2 is 2.00 bits per heavy atom. The molecule has 1 unspecified atom stereocenters. The first-order valence-electron chi connectivity index (χ1n) is 7.07. The topological polar surface area (TPSA) is 51.8 Å². The second-order valence-corrected chi connectivity index (χ2v) is 6.26. The first-order chi connectivity index (χ1) is 9.72. The summed E-state index contributed by atoms with van der Waals surface area (Å²) in [5.41, 5.74) is 9.70. The van der Waals surface area contributed by atoms with Crippen LogP contribution in [0.15, 0.2) is 34.9 Å². The molecule has 3 rings (SSSR count). The number of hydrogen-bond acceptors (Lipinski definition) is 3. The zero-order valence-electron chi connectivity index (χ0n) is 11.3. The molecule has 1 aromatic heterocycles. The van der Waals surface area contributed by atoms with E-state index in [4.69, 9.17) is 10.7 Å². The maximum absolute atomic E-state index is 6.18. The lowest BCUT2D eigenvalue weighted by Gasteiger charge is -2.12. The molecule has 0 saturated carbocycles. The van der Waals surface area contributed by atoms with E-state index in [2.05, 4.69) is 45.2 Å². The van der Waals surface area contributed by atoms with Crippen molar-refractivity contribution >= 4 is 15.9 Å². The minimum Gasteiger partial charge on any atom is -0.324 e. The maximum atomic E-state index is 6.18. The van der Waals surface area contributed by atoms with Crippen molar-refractivity contribution in [3.05, 3.63) is 57.6 Å². The van der Waals surface area contributed by atoms with Crippen molar-refractivity contribution in [3.8, 4) is 0 Å². The monoisotopic (exact) mass is 331 g/mol. The summed E-state index contributed by atoms with van der Waals surface area (Å²) in [5.74, 6) is 0.889. The van der Waals surface area contributed by atoms with Gasteiger partial charge in [-0.05, 0) is 37.0 Å². The summed E-state index contributed by atoms with van der Waals surface area (Å²) in [6.07, 6.45) is 7.14. The summed E-state index contributed by atoms with van der Waals surface area (Å²) < 4.78 is 1.09. The smallest absolute Gasteiger partial charge is 0.132 e. The summed E-state index contributed by atoms with van der Waals surface area (Å²) in [5, 5.41) is 0. The molecule has 0 saturated heterocycles. The molecule has 1 heterocycles. The summed E-state index contributed by atoms with van der Waals surface area (Å²) in [6.45, 7) is 0. The van der Waals surface area contributed by atoms with Crippen LogP contribution in [-0.4, -0.2) is 9.97 Å². The average molecular weight is 332 g/mol. The van der Waals surface area contributed by atoms with Gasteiger partial charge in [-0.2, -0.15) is 0 Å². The van der Waals surface area contributed by atoms with Crippen LogP contribution in [-0.2, 0) is 12.8 Å². The number of aromatic nitrogens is 2. The third-order valence-electron chi connectivity index (χ3n) is 3.80. The van der Waals surface area contributed by atoms with Crippen molar-refractivity contribution < 1.29 is 0 Å². The van der Waals surface area contributed by atoms with Crippen LogP contribution in [0.2, 0.25) is 0 Å². The Morgan fingerprint density at radius 3 is 2.80 bits per heavy atom. The van der Waals surface area contributed by atoms with E-state index in [0.717, 1.165) is 40.8 Å². The molecule has 2 aromatic rings. The molecule has 1 aliphatic carbocycles. The predicted octanol–water partition coefficient (Wildman–Crippen LogP) is 3.56. The van der Waals surface area contributed by atoms with Gasteiger partial charge in [0.05, 0.1) is 0 Å². The van der Waals surface area contributed by atoms with E-state index in [-0.39, 0.29) is 6.04 Å². The van der Waals surface area contributed by atoms with E-state index >= 15 is 0 Å². The summed E-state index contributed by atoms with van der Waals surface area (Å²) >= 11 is 3.45. The second kappa shape index (κ2) is 6.02. The fourth-order valence-electron chi connectivity index (χ4n) is 2.66. The van der Waals surface area contributed by atoms with Gasteiger partial charge in [-0.3, -0.25) is 0 Å². The molecule has 4 heteroatoms. The first kappa shape index (κ1) is 13.7. The number of nitrogens with two attached hydrogens (primary N) is 1. The number of rotatable bonds is 2. The molecule has 2 N–H and O–H groups in total. The molecule has 1 aromatic carbocycles. The second-order valence-electron chi connectivity index (χ2n) is 5.34. The van der Waals surface area contributed by atoms with Gasteiger partial charge in [-0.1, -0.05) is 34.5 Å². The Kier molecular flexibility index (Phi) is 4.13. The standard InChI is InChI=1S/C16H18BrN3/c17-12-7-5-11(6-8-12)9-16-19-10-13-14(18)3-1-2-4-15(13)20-16/h5-8,10,14H,1-4,9,18H2. The van der Waals surface area contributed by atoms with Crippen molar-refractivity contribution in [2.75, 3.05) is 0 Å². The molecule has 0 fully saturated rings. The van der Waals surface area contributed by atoms with E-state index in [1.54, 1.807) is 0 Å². The molecule has 1 aliphatic rings. The molecule has 20 heavy (non-hydrogen) atoms. The highest BCUT2D eigenvalue weighted by atomic mass is 79.9.